The van der Waals surface area contributed by atoms with Gasteiger partial charge in [0.15, 0.2) is 0 Å². The molecule has 6 nitrogen and oxygen atoms in total. The molecule has 0 unspecified atom stereocenters. The molecule has 0 aliphatic heterocycles. The summed E-state index contributed by atoms with van der Waals surface area (Å²) in [4.78, 5) is 0.221. The van der Waals surface area contributed by atoms with Gasteiger partial charge in [0.25, 0.3) is 0 Å². The van der Waals surface area contributed by atoms with Crippen LogP contribution < -0.4 is 16.0 Å². The summed E-state index contributed by atoms with van der Waals surface area (Å²) in [6, 6.07) is 6.26. The summed E-state index contributed by atoms with van der Waals surface area (Å²) in [6.45, 7) is 0.696. The largest absolute Gasteiger partial charge is 0.377 e. The number of nitrogens with one attached hydrogen (secondary N) is 2. The van der Waals surface area contributed by atoms with Crippen LogP contribution in [0.2, 0.25) is 0 Å². The topological polar surface area (TPSA) is 93.5 Å². The number of nitrogens with two attached hydrogens (primary N) is 1. The molecule has 0 radical (unpaired) electrons. The summed E-state index contributed by atoms with van der Waals surface area (Å²) in [6.07, 6.45) is 6.15. The minimum atomic E-state index is -3.49. The lowest BCUT2D eigenvalue weighted by Crippen LogP contribution is -2.29. The number of ether oxygens (including phenoxy) is 1. The summed E-state index contributed by atoms with van der Waals surface area (Å²) in [7, 11) is -3.49. The normalized spacial score (nSPS) is 16.8. The van der Waals surface area contributed by atoms with Crippen LogP contribution in [-0.2, 0) is 14.8 Å². The van der Waals surface area contributed by atoms with E-state index in [1.807, 2.05) is 0 Å². The molecule has 0 saturated heterocycles. The van der Waals surface area contributed by atoms with Crippen molar-refractivity contribution in [2.24, 2.45) is 5.84 Å². The van der Waals surface area contributed by atoms with Crippen LogP contribution in [-0.4, -0.2) is 27.7 Å². The first-order valence-corrected chi connectivity index (χ1v) is 8.78. The van der Waals surface area contributed by atoms with Crippen LogP contribution in [0.25, 0.3) is 0 Å². The highest BCUT2D eigenvalue weighted by Crippen LogP contribution is 2.20. The molecule has 1 fully saturated rings. The molecule has 4 N–H and O–H groups in total. The first-order valence-electron chi connectivity index (χ1n) is 7.30. The third-order valence-electron chi connectivity index (χ3n) is 3.63. The molecule has 1 aromatic carbocycles. The Morgan fingerprint density at radius 2 is 1.81 bits per heavy atom. The fourth-order valence-electron chi connectivity index (χ4n) is 2.45. The fourth-order valence-corrected chi connectivity index (χ4v) is 3.46. The van der Waals surface area contributed by atoms with E-state index in [-0.39, 0.29) is 17.5 Å². The smallest absolute Gasteiger partial charge is 0.240 e. The van der Waals surface area contributed by atoms with E-state index in [9.17, 15) is 8.42 Å². The van der Waals surface area contributed by atoms with Crippen molar-refractivity contribution in [2.75, 3.05) is 18.6 Å². The number of benzene rings is 1. The predicted molar refractivity (Wildman–Crippen MR) is 82.3 cm³/mol. The van der Waals surface area contributed by atoms with E-state index in [0.29, 0.717) is 12.3 Å². The van der Waals surface area contributed by atoms with Crippen molar-refractivity contribution in [3.05, 3.63) is 24.3 Å². The second kappa shape index (κ2) is 7.74. The molecule has 0 atom stereocenters. The molecule has 1 aliphatic rings. The molecular weight excluding hydrogens is 290 g/mol. The standard InChI is InChI=1S/C14H23N3O3S/c15-17-12-6-8-14(9-7-12)21(18,19)16-10-11-20-13-4-2-1-3-5-13/h6-9,13,16-17H,1-5,10-11,15H2. The minimum absolute atomic E-state index is 0.221. The molecule has 1 saturated carbocycles. The van der Waals surface area contributed by atoms with E-state index in [1.165, 1.54) is 31.4 Å². The van der Waals surface area contributed by atoms with Gasteiger partial charge in [0, 0.05) is 12.2 Å². The predicted octanol–water partition coefficient (Wildman–Crippen LogP) is 1.60. The van der Waals surface area contributed by atoms with Gasteiger partial charge in [0.05, 0.1) is 17.6 Å². The van der Waals surface area contributed by atoms with Crippen LogP contribution in [0, 0.1) is 0 Å². The summed E-state index contributed by atoms with van der Waals surface area (Å²) in [5, 5.41) is 0. The Kier molecular flexibility index (Phi) is 5.98. The third-order valence-corrected chi connectivity index (χ3v) is 5.11. The zero-order valence-corrected chi connectivity index (χ0v) is 12.9. The lowest BCUT2D eigenvalue weighted by atomic mass is 9.98. The van der Waals surface area contributed by atoms with Crippen LogP contribution >= 0.6 is 0 Å². The van der Waals surface area contributed by atoms with E-state index in [1.54, 1.807) is 12.1 Å². The average molecular weight is 313 g/mol. The monoisotopic (exact) mass is 313 g/mol. The van der Waals surface area contributed by atoms with Gasteiger partial charge in [-0.3, -0.25) is 5.84 Å². The zero-order chi connectivity index (χ0) is 15.1. The maximum absolute atomic E-state index is 12.1. The summed E-state index contributed by atoms with van der Waals surface area (Å²) < 4.78 is 32.4. The van der Waals surface area contributed by atoms with E-state index in [0.717, 1.165) is 12.8 Å². The highest BCUT2D eigenvalue weighted by atomic mass is 32.2. The van der Waals surface area contributed by atoms with E-state index in [4.69, 9.17) is 10.6 Å². The van der Waals surface area contributed by atoms with Gasteiger partial charge < -0.3 is 10.2 Å². The first-order chi connectivity index (χ1) is 10.1. The minimum Gasteiger partial charge on any atom is -0.377 e. The SMILES string of the molecule is NNc1ccc(S(=O)(=O)NCCOC2CCCCC2)cc1. The Morgan fingerprint density at radius 3 is 2.43 bits per heavy atom. The number of rotatable bonds is 7. The van der Waals surface area contributed by atoms with Gasteiger partial charge in [-0.15, -0.1) is 0 Å². The van der Waals surface area contributed by atoms with Gasteiger partial charge in [0.1, 0.15) is 0 Å². The Morgan fingerprint density at radius 1 is 1.14 bits per heavy atom. The number of hydrazine groups is 1. The van der Waals surface area contributed by atoms with E-state index in [2.05, 4.69) is 10.1 Å². The molecule has 118 valence electrons. The zero-order valence-electron chi connectivity index (χ0n) is 12.0. The van der Waals surface area contributed by atoms with Crippen molar-refractivity contribution in [1.29, 1.82) is 0 Å². The van der Waals surface area contributed by atoms with Crippen molar-refractivity contribution in [1.82, 2.24) is 4.72 Å². The van der Waals surface area contributed by atoms with Gasteiger partial charge in [-0.25, -0.2) is 13.1 Å². The third kappa shape index (κ3) is 4.96. The van der Waals surface area contributed by atoms with Crippen molar-refractivity contribution < 1.29 is 13.2 Å². The number of hydrogen-bond acceptors (Lipinski definition) is 5. The molecular formula is C14H23N3O3S. The van der Waals surface area contributed by atoms with Crippen LogP contribution in [0.3, 0.4) is 0 Å². The Hall–Kier alpha value is -1.15. The Balaban J connectivity index is 1.77. The van der Waals surface area contributed by atoms with Gasteiger partial charge in [0.2, 0.25) is 10.0 Å². The molecule has 7 heteroatoms. The van der Waals surface area contributed by atoms with Crippen molar-refractivity contribution in [3.63, 3.8) is 0 Å². The van der Waals surface area contributed by atoms with E-state index < -0.39 is 10.0 Å². The molecule has 0 bridgehead atoms. The lowest BCUT2D eigenvalue weighted by Gasteiger charge is -2.22. The quantitative estimate of drug-likeness (QED) is 0.404. The molecule has 2 rings (SSSR count). The molecule has 0 spiro atoms. The van der Waals surface area contributed by atoms with Crippen LogP contribution in [0.15, 0.2) is 29.2 Å². The van der Waals surface area contributed by atoms with Gasteiger partial charge in [-0.2, -0.15) is 0 Å². The second-order valence-corrected chi connectivity index (χ2v) is 6.96. The number of anilines is 1. The maximum atomic E-state index is 12.1. The Bertz CT molecular complexity index is 525. The summed E-state index contributed by atoms with van der Waals surface area (Å²) in [5.41, 5.74) is 3.12. The number of sulfonamides is 1. The van der Waals surface area contributed by atoms with Crippen molar-refractivity contribution >= 4 is 15.7 Å². The molecule has 0 amide bonds. The first kappa shape index (κ1) is 16.2. The van der Waals surface area contributed by atoms with Crippen LogP contribution in [0.1, 0.15) is 32.1 Å². The molecule has 21 heavy (non-hydrogen) atoms. The number of hydrogen-bond donors (Lipinski definition) is 3. The summed E-state index contributed by atoms with van der Waals surface area (Å²) in [5.74, 6) is 5.25. The average Bonchev–Trinajstić information content (AvgIpc) is 2.53. The van der Waals surface area contributed by atoms with E-state index >= 15 is 0 Å². The van der Waals surface area contributed by atoms with Crippen LogP contribution in [0.5, 0.6) is 0 Å². The Labute approximate surface area is 126 Å². The molecule has 1 aromatic rings. The molecule has 0 aromatic heterocycles. The van der Waals surface area contributed by atoms with Crippen LogP contribution in [0.4, 0.5) is 5.69 Å². The van der Waals surface area contributed by atoms with Crippen molar-refractivity contribution in [2.45, 2.75) is 43.1 Å². The fraction of sp³-hybridized carbons (Fsp3) is 0.571. The van der Waals surface area contributed by atoms with Gasteiger partial charge >= 0.3 is 0 Å². The highest BCUT2D eigenvalue weighted by molar-refractivity contribution is 7.89. The second-order valence-electron chi connectivity index (χ2n) is 5.20. The molecule has 1 aliphatic carbocycles. The lowest BCUT2D eigenvalue weighted by molar-refractivity contribution is 0.0321. The van der Waals surface area contributed by atoms with Gasteiger partial charge in [-0.1, -0.05) is 19.3 Å². The van der Waals surface area contributed by atoms with Gasteiger partial charge in [-0.05, 0) is 37.1 Å². The highest BCUT2D eigenvalue weighted by Gasteiger charge is 2.15. The number of nitrogen functional groups attached to an aromatic ring is 1. The molecule has 0 heterocycles. The van der Waals surface area contributed by atoms with Crippen molar-refractivity contribution in [3.8, 4) is 0 Å². The maximum Gasteiger partial charge on any atom is 0.240 e. The summed E-state index contributed by atoms with van der Waals surface area (Å²) >= 11 is 0.